The number of nitro groups is 2. The number of esters is 1. The smallest absolute Gasteiger partial charge is 0.337 e. The number of nitrogens with zero attached hydrogens (tertiary/aromatic N) is 6. The molecule has 0 bridgehead atoms. The Morgan fingerprint density at radius 1 is 0.403 bits per heavy atom. The number of nitrogens with one attached hydrogen (secondary N) is 1. The summed E-state index contributed by atoms with van der Waals surface area (Å²) in [7, 11) is 8.16. The van der Waals surface area contributed by atoms with Crippen molar-refractivity contribution < 1.29 is 48.3 Å². The Morgan fingerprint density at radius 3 is 1.15 bits per heavy atom. The number of methoxy groups -OCH3 is 5. The molecule has 0 saturated heterocycles. The molecule has 12 aromatic carbocycles. The molecule has 0 spiro atoms. The van der Waals surface area contributed by atoms with Crippen LogP contribution < -0.4 is 16.9 Å². The van der Waals surface area contributed by atoms with Crippen LogP contribution in [0.25, 0.3) is 77.7 Å². The molecule has 0 unspecified atom stereocenters. The summed E-state index contributed by atoms with van der Waals surface area (Å²) in [5.74, 6) is 0.979. The van der Waals surface area contributed by atoms with Gasteiger partial charge in [0.05, 0.1) is 57.8 Å². The maximum absolute atomic E-state index is 11.9. The molecule has 119 heavy (non-hydrogen) atoms. The van der Waals surface area contributed by atoms with E-state index in [9.17, 15) is 29.8 Å². The van der Waals surface area contributed by atoms with Gasteiger partial charge in [-0.1, -0.05) is 176 Å². The Hall–Kier alpha value is -13.3. The van der Waals surface area contributed by atoms with Gasteiger partial charge in [0.1, 0.15) is 17.3 Å². The number of anilines is 2. The van der Waals surface area contributed by atoms with Crippen LogP contribution in [0.2, 0.25) is 0 Å². The number of aromatic nitrogens is 4. The average Bonchev–Trinajstić information content (AvgIpc) is 1.65. The van der Waals surface area contributed by atoms with E-state index in [1.807, 2.05) is 135 Å². The van der Waals surface area contributed by atoms with Crippen molar-refractivity contribution in [2.24, 2.45) is 0 Å². The van der Waals surface area contributed by atoms with Gasteiger partial charge in [0.2, 0.25) is 0 Å². The van der Waals surface area contributed by atoms with Crippen molar-refractivity contribution in [2.75, 3.05) is 73.4 Å². The summed E-state index contributed by atoms with van der Waals surface area (Å²) in [5.41, 5.74) is 40.3. The van der Waals surface area contributed by atoms with Crippen LogP contribution in [0.5, 0.6) is 0 Å². The van der Waals surface area contributed by atoms with Gasteiger partial charge in [-0.2, -0.15) is 0 Å². The maximum atomic E-state index is 11.9. The first-order valence-electron chi connectivity index (χ1n) is 39.3. The molecule has 0 aliphatic heterocycles. The topological polar surface area (TPSA) is 287 Å². The van der Waals surface area contributed by atoms with Crippen molar-refractivity contribution >= 4 is 56.7 Å². The lowest BCUT2D eigenvalue weighted by Gasteiger charge is -2.12. The molecule has 0 fully saturated rings. The number of hydroxylamine groups is 1. The molecule has 1 amide bonds. The highest BCUT2D eigenvalue weighted by molar-refractivity contribution is 5.94. The molecular weight excluding hydrogens is 1500 g/mol. The molecule has 2 aromatic heterocycles. The van der Waals surface area contributed by atoms with Crippen molar-refractivity contribution in [1.82, 2.24) is 24.6 Å². The summed E-state index contributed by atoms with van der Waals surface area (Å²) in [6, 6.07) is 85.3. The fourth-order valence-corrected chi connectivity index (χ4v) is 14.4. The Kier molecular flexibility index (Phi) is 32.3. The molecule has 21 nitrogen and oxygen atoms in total. The number of carbonyl (C=O) groups excluding carboxylic acids is 2. The van der Waals surface area contributed by atoms with E-state index in [0.29, 0.717) is 63.3 Å². The van der Waals surface area contributed by atoms with Gasteiger partial charge in [0, 0.05) is 96.5 Å². The molecule has 0 saturated carbocycles. The minimum Gasteiger partial charge on any atom is -0.465 e. The number of hydrogen-bond donors (Lipinski definition) is 4. The summed E-state index contributed by atoms with van der Waals surface area (Å²) in [5, 5.41) is 30.9. The predicted octanol–water partition coefficient (Wildman–Crippen LogP) is 20.5. The number of carbonyl (C=O) groups is 2. The van der Waals surface area contributed by atoms with Gasteiger partial charge in [-0.3, -0.25) is 30.2 Å². The van der Waals surface area contributed by atoms with Crippen LogP contribution in [0.1, 0.15) is 95.3 Å². The van der Waals surface area contributed by atoms with Crippen molar-refractivity contribution in [3.05, 3.63) is 354 Å². The number of aryl methyl sites for hydroxylation is 7. The van der Waals surface area contributed by atoms with E-state index in [0.717, 1.165) is 115 Å². The van der Waals surface area contributed by atoms with Crippen molar-refractivity contribution in [3.63, 3.8) is 0 Å². The van der Waals surface area contributed by atoms with Crippen LogP contribution in [0, 0.1) is 54.8 Å². The summed E-state index contributed by atoms with van der Waals surface area (Å²) in [6.07, 6.45) is 4.55. The Balaban J connectivity index is 0.000000160. The zero-order valence-electron chi connectivity index (χ0n) is 69.1. The summed E-state index contributed by atoms with van der Waals surface area (Å²) in [6.45, 7) is 14.0. The van der Waals surface area contributed by atoms with E-state index in [2.05, 4.69) is 127 Å². The third kappa shape index (κ3) is 23.5. The minimum absolute atomic E-state index is 0.0396. The second-order valence-electron chi connectivity index (χ2n) is 28.8. The second-order valence-corrected chi connectivity index (χ2v) is 28.8. The molecule has 21 heteroatoms. The fraction of sp³-hybridized carbons (Fsp3) is 0.224. The first kappa shape index (κ1) is 88.1. The number of benzene rings is 12. The van der Waals surface area contributed by atoms with Gasteiger partial charge < -0.3 is 44.3 Å². The van der Waals surface area contributed by atoms with E-state index in [1.165, 1.54) is 68.8 Å². The highest BCUT2D eigenvalue weighted by Gasteiger charge is 2.22. The summed E-state index contributed by atoms with van der Waals surface area (Å²) in [4.78, 5) is 54.8. The highest BCUT2D eigenvalue weighted by atomic mass is 16.6. The third-order valence-corrected chi connectivity index (χ3v) is 20.4. The highest BCUT2D eigenvalue weighted by Crippen LogP contribution is 2.36. The second kappa shape index (κ2) is 43.6. The first-order valence-corrected chi connectivity index (χ1v) is 39.3. The van der Waals surface area contributed by atoms with Crippen molar-refractivity contribution in [1.29, 1.82) is 0 Å². The Morgan fingerprint density at radius 2 is 0.756 bits per heavy atom. The molecule has 612 valence electrons. The monoisotopic (exact) mass is 1600 g/mol. The minimum atomic E-state index is -0.530. The molecule has 0 radical (unpaired) electrons. The van der Waals surface area contributed by atoms with Gasteiger partial charge in [-0.15, -0.1) is 0 Å². The van der Waals surface area contributed by atoms with Gasteiger partial charge >= 0.3 is 5.97 Å². The number of hydrogen-bond acceptors (Lipinski definition) is 16. The van der Waals surface area contributed by atoms with Gasteiger partial charge in [0.15, 0.2) is 0 Å². The Bertz CT molecular complexity index is 5550. The van der Waals surface area contributed by atoms with Gasteiger partial charge in [-0.05, 0) is 233 Å². The zero-order chi connectivity index (χ0) is 84.9. The summed E-state index contributed by atoms with van der Waals surface area (Å²) >= 11 is 0. The van der Waals surface area contributed by atoms with E-state index < -0.39 is 10.8 Å². The Labute approximate surface area is 695 Å². The van der Waals surface area contributed by atoms with Crippen LogP contribution in [-0.2, 0) is 62.5 Å². The third-order valence-electron chi connectivity index (χ3n) is 20.4. The molecule has 14 rings (SSSR count). The standard InChI is InChI=1S/C26H26N2O3.C25H25N3O3.C17H19NO3.C17H21NO.C13H12N2O2/c1-18-14-23-24(17-22(18)20-9-5-4-6-10-20)28(12-13-30-2)25(27-23)16-19-8-7-11-21(15-19)26(29)31-3;1-17-13-22-23(16-21(17)19-8-4-3-5-9-19)28(11-12-31-2)24(26-22)15-18-7-6-10-20(14-18)25(29)27-30;1-13-11-17(18(19)20)15(9-6-10-21-2)12-16(13)14-7-4-3-5-8-14;1-13-11-17(18)15(9-6-10-19-2)12-16(13)14-7-4-3-5-8-14;1-9-7-13(15(16)17)12(14)8-11(9)10-5-3-2-4-6-10/h4-11,14-15,17H,12-13,16H2,1-3H3;3-10,13-14,16,30H,11-12,15H2,1-2H3,(H,27,29);3-5,7-8,11-12H,6,9-10H2,1-2H3;3-5,7-8,11-12H,6,9-10,18H2,1-2H3;2-8H,14H2,1H3. The lowest BCUT2D eigenvalue weighted by atomic mass is 9.95. The molecule has 0 atom stereocenters. The number of imidazole rings is 2. The number of amides is 1. The van der Waals surface area contributed by atoms with Gasteiger partial charge in [-0.25, -0.2) is 20.2 Å². The number of nitrogens with two attached hydrogens (primary N) is 2. The average molecular weight is 1600 g/mol. The number of nitrogen functional groups attached to an aromatic ring is 2. The predicted molar refractivity (Wildman–Crippen MR) is 475 cm³/mol. The number of fused-ring (bicyclic) bond motifs is 2. The quantitative estimate of drug-likeness (QED) is 0.00929. The number of ether oxygens (including phenoxy) is 5. The largest absolute Gasteiger partial charge is 0.465 e. The van der Waals surface area contributed by atoms with E-state index in [1.54, 1.807) is 70.3 Å². The summed E-state index contributed by atoms with van der Waals surface area (Å²) < 4.78 is 30.1. The molecule has 0 aliphatic carbocycles. The van der Waals surface area contributed by atoms with E-state index in [-0.39, 0.29) is 28.0 Å². The molecule has 0 aliphatic rings. The molecule has 2 heterocycles. The van der Waals surface area contributed by atoms with Crippen LogP contribution in [0.15, 0.2) is 261 Å². The number of rotatable bonds is 27. The van der Waals surface area contributed by atoms with Crippen molar-refractivity contribution in [2.45, 2.75) is 86.2 Å². The SMILES string of the molecule is COCCCc1cc(-c2ccccc2)c(C)cc1N.COCCCc1cc(-c2ccccc2)c(C)cc1[N+](=O)[O-].COCCn1c(Cc2cccc(C(=O)NO)c2)nc2cc(C)c(-c3ccccc3)cc21.COCCn1c(Cc2cccc(C(=O)OC)c2)nc2cc(C)c(-c3ccccc3)cc21.Cc1cc([N+](=O)[O-])c(N)cc1-c1ccccc1. The molecule has 14 aromatic rings. The van der Waals surface area contributed by atoms with Gasteiger partial charge in [0.25, 0.3) is 17.3 Å². The van der Waals surface area contributed by atoms with Crippen molar-refractivity contribution in [3.8, 4) is 55.6 Å². The van der Waals surface area contributed by atoms with Crippen LogP contribution in [0.4, 0.5) is 22.7 Å². The fourth-order valence-electron chi connectivity index (χ4n) is 14.4. The first-order chi connectivity index (χ1) is 57.6. The van der Waals surface area contributed by atoms with Crippen LogP contribution in [0.3, 0.4) is 0 Å². The molecular formula is C98H103N9O12. The number of nitro benzene ring substituents is 2. The normalized spacial score (nSPS) is 10.8. The van der Waals surface area contributed by atoms with E-state index >= 15 is 0 Å². The van der Waals surface area contributed by atoms with Crippen LogP contribution in [-0.4, -0.2) is 108 Å². The van der Waals surface area contributed by atoms with Crippen LogP contribution >= 0.6 is 0 Å². The van der Waals surface area contributed by atoms with E-state index in [4.69, 9.17) is 50.3 Å². The maximum Gasteiger partial charge on any atom is 0.337 e. The lowest BCUT2D eigenvalue weighted by Crippen LogP contribution is -2.18. The lowest BCUT2D eigenvalue weighted by molar-refractivity contribution is -0.385. The zero-order valence-corrected chi connectivity index (χ0v) is 69.1. The molecule has 6 N–H and O–H groups in total.